The van der Waals surface area contributed by atoms with Crippen molar-refractivity contribution in [2.24, 2.45) is 0 Å². The fraction of sp³-hybridized carbons (Fsp3) is 0.222. The second kappa shape index (κ2) is 3.74. The maximum Gasteiger partial charge on any atom is 0.122 e. The van der Waals surface area contributed by atoms with Crippen LogP contribution in [-0.2, 0) is 6.54 Å². The first-order valence-corrected chi connectivity index (χ1v) is 5.80. The summed E-state index contributed by atoms with van der Waals surface area (Å²) in [6, 6.07) is 3.91. The number of hydrogen-bond donors (Lipinski definition) is 1. The van der Waals surface area contributed by atoms with Gasteiger partial charge in [-0.25, -0.2) is 4.68 Å². The fourth-order valence-corrected chi connectivity index (χ4v) is 2.80. The molecule has 0 aliphatic carbocycles. The van der Waals surface area contributed by atoms with Crippen LogP contribution >= 0.6 is 27.3 Å². The van der Waals surface area contributed by atoms with Crippen LogP contribution in [0.1, 0.15) is 9.75 Å². The third kappa shape index (κ3) is 1.83. The number of aryl methyl sites for hydroxylation is 1. The Bertz CT molecular complexity index is 427. The smallest absolute Gasteiger partial charge is 0.122 e. The lowest BCUT2D eigenvalue weighted by Crippen LogP contribution is -2.04. The first-order chi connectivity index (χ1) is 6.66. The van der Waals surface area contributed by atoms with Gasteiger partial charge in [-0.15, -0.1) is 11.3 Å². The van der Waals surface area contributed by atoms with Gasteiger partial charge in [-0.2, -0.15) is 5.10 Å². The van der Waals surface area contributed by atoms with E-state index in [1.165, 1.54) is 9.75 Å². The summed E-state index contributed by atoms with van der Waals surface area (Å²) in [4.78, 5) is 2.54. The molecule has 5 heteroatoms. The van der Waals surface area contributed by atoms with Crippen molar-refractivity contribution in [3.63, 3.8) is 0 Å². The van der Waals surface area contributed by atoms with Gasteiger partial charge in [0.15, 0.2) is 0 Å². The van der Waals surface area contributed by atoms with Gasteiger partial charge in [-0.3, -0.25) is 0 Å². The van der Waals surface area contributed by atoms with Crippen molar-refractivity contribution in [3.8, 4) is 0 Å². The normalized spacial score (nSPS) is 10.7. The van der Waals surface area contributed by atoms with E-state index in [-0.39, 0.29) is 0 Å². The topological polar surface area (TPSA) is 43.8 Å². The molecule has 0 fully saturated rings. The molecule has 0 bridgehead atoms. The zero-order valence-electron chi connectivity index (χ0n) is 7.70. The second-order valence-corrected chi connectivity index (χ2v) is 5.23. The number of nitrogen functional groups attached to an aromatic ring is 1. The number of anilines is 1. The number of aromatic nitrogens is 2. The number of rotatable bonds is 2. The summed E-state index contributed by atoms with van der Waals surface area (Å²) in [7, 11) is 0. The Morgan fingerprint density at radius 2 is 2.43 bits per heavy atom. The van der Waals surface area contributed by atoms with E-state index in [0.717, 1.165) is 11.0 Å². The van der Waals surface area contributed by atoms with Crippen LogP contribution in [0.25, 0.3) is 0 Å². The lowest BCUT2D eigenvalue weighted by atomic mass is 10.4. The van der Waals surface area contributed by atoms with E-state index in [1.54, 1.807) is 28.3 Å². The molecule has 74 valence electrons. The molecule has 0 aliphatic heterocycles. The van der Waals surface area contributed by atoms with Crippen molar-refractivity contribution in [1.82, 2.24) is 9.78 Å². The number of hydrogen-bond acceptors (Lipinski definition) is 3. The van der Waals surface area contributed by atoms with Crippen LogP contribution in [0, 0.1) is 6.92 Å². The van der Waals surface area contributed by atoms with Gasteiger partial charge in [0.25, 0.3) is 0 Å². The molecular weight excluding hydrogens is 262 g/mol. The monoisotopic (exact) mass is 271 g/mol. The predicted octanol–water partition coefficient (Wildman–Crippen LogP) is 2.65. The van der Waals surface area contributed by atoms with Gasteiger partial charge < -0.3 is 5.73 Å². The van der Waals surface area contributed by atoms with Crippen LogP contribution in [0.15, 0.2) is 22.8 Å². The van der Waals surface area contributed by atoms with Crippen molar-refractivity contribution >= 4 is 33.1 Å². The van der Waals surface area contributed by atoms with Crippen LogP contribution in [0.4, 0.5) is 5.82 Å². The van der Waals surface area contributed by atoms with E-state index in [2.05, 4.69) is 34.0 Å². The zero-order valence-corrected chi connectivity index (χ0v) is 10.1. The zero-order chi connectivity index (χ0) is 10.1. The SMILES string of the molecule is Cc1sc(Cn2nccc2N)cc1Br. The molecule has 3 nitrogen and oxygen atoms in total. The van der Waals surface area contributed by atoms with Crippen LogP contribution in [0.2, 0.25) is 0 Å². The molecule has 0 aromatic carbocycles. The summed E-state index contributed by atoms with van der Waals surface area (Å²) in [5, 5.41) is 4.13. The molecule has 2 rings (SSSR count). The molecule has 0 radical (unpaired) electrons. The molecule has 0 saturated heterocycles. The molecule has 0 unspecified atom stereocenters. The Morgan fingerprint density at radius 1 is 1.64 bits per heavy atom. The Morgan fingerprint density at radius 3 is 2.93 bits per heavy atom. The average molecular weight is 272 g/mol. The highest BCUT2D eigenvalue weighted by Gasteiger charge is 2.05. The minimum atomic E-state index is 0.701. The second-order valence-electron chi connectivity index (χ2n) is 3.03. The van der Waals surface area contributed by atoms with Gasteiger partial charge >= 0.3 is 0 Å². The van der Waals surface area contributed by atoms with E-state index in [1.807, 2.05) is 0 Å². The van der Waals surface area contributed by atoms with Crippen LogP contribution in [0.3, 0.4) is 0 Å². The standard InChI is InChI=1S/C9H10BrN3S/c1-6-8(10)4-7(14-6)5-13-9(11)2-3-12-13/h2-4H,5,11H2,1H3. The predicted molar refractivity (Wildman–Crippen MR) is 62.5 cm³/mol. The Kier molecular flexibility index (Phi) is 2.60. The number of thiophene rings is 1. The maximum absolute atomic E-state index is 5.73. The van der Waals surface area contributed by atoms with Crippen molar-refractivity contribution < 1.29 is 0 Å². The minimum Gasteiger partial charge on any atom is -0.384 e. The Hall–Kier alpha value is -0.810. The van der Waals surface area contributed by atoms with Crippen molar-refractivity contribution in [1.29, 1.82) is 0 Å². The van der Waals surface area contributed by atoms with Gasteiger partial charge in [-0.05, 0) is 35.0 Å². The number of halogens is 1. The average Bonchev–Trinajstić information content (AvgIpc) is 2.63. The summed E-state index contributed by atoms with van der Waals surface area (Å²) >= 11 is 5.25. The maximum atomic E-state index is 5.73. The molecule has 2 aromatic rings. The summed E-state index contributed by atoms with van der Waals surface area (Å²) in [5.74, 6) is 0.701. The molecule has 0 spiro atoms. The molecule has 2 aromatic heterocycles. The molecule has 2 heterocycles. The largest absolute Gasteiger partial charge is 0.384 e. The van der Waals surface area contributed by atoms with Gasteiger partial charge in [0.2, 0.25) is 0 Å². The lowest BCUT2D eigenvalue weighted by molar-refractivity contribution is 0.705. The highest BCUT2D eigenvalue weighted by atomic mass is 79.9. The Labute approximate surface area is 94.7 Å². The number of nitrogens with zero attached hydrogens (tertiary/aromatic N) is 2. The highest BCUT2D eigenvalue weighted by Crippen LogP contribution is 2.27. The van der Waals surface area contributed by atoms with E-state index in [0.29, 0.717) is 5.82 Å². The first-order valence-electron chi connectivity index (χ1n) is 4.19. The van der Waals surface area contributed by atoms with E-state index >= 15 is 0 Å². The Balaban J connectivity index is 2.23. The molecule has 0 amide bonds. The third-order valence-electron chi connectivity index (χ3n) is 1.96. The van der Waals surface area contributed by atoms with E-state index < -0.39 is 0 Å². The van der Waals surface area contributed by atoms with Gasteiger partial charge in [-0.1, -0.05) is 0 Å². The van der Waals surface area contributed by atoms with Crippen molar-refractivity contribution in [3.05, 3.63) is 32.6 Å². The lowest BCUT2D eigenvalue weighted by Gasteiger charge is -2.00. The molecular formula is C9H10BrN3S. The van der Waals surface area contributed by atoms with E-state index in [9.17, 15) is 0 Å². The van der Waals surface area contributed by atoms with Crippen LogP contribution < -0.4 is 5.73 Å². The summed E-state index contributed by atoms with van der Waals surface area (Å²) in [5.41, 5.74) is 5.73. The van der Waals surface area contributed by atoms with Crippen LogP contribution in [-0.4, -0.2) is 9.78 Å². The summed E-state index contributed by atoms with van der Waals surface area (Å²) < 4.78 is 2.95. The van der Waals surface area contributed by atoms with E-state index in [4.69, 9.17) is 5.73 Å². The van der Waals surface area contributed by atoms with Crippen LogP contribution in [0.5, 0.6) is 0 Å². The molecule has 0 saturated carbocycles. The first kappa shape index (κ1) is 9.73. The van der Waals surface area contributed by atoms with Gasteiger partial charge in [0.1, 0.15) is 5.82 Å². The summed E-state index contributed by atoms with van der Waals surface area (Å²) in [6.45, 7) is 2.83. The molecule has 0 atom stereocenters. The van der Waals surface area contributed by atoms with Gasteiger partial charge in [0.05, 0.1) is 12.7 Å². The molecule has 2 N–H and O–H groups in total. The van der Waals surface area contributed by atoms with Crippen molar-refractivity contribution in [2.45, 2.75) is 13.5 Å². The summed E-state index contributed by atoms with van der Waals surface area (Å²) in [6.07, 6.45) is 1.71. The quantitative estimate of drug-likeness (QED) is 0.913. The number of nitrogens with two attached hydrogens (primary N) is 1. The molecule has 14 heavy (non-hydrogen) atoms. The molecule has 0 aliphatic rings. The van der Waals surface area contributed by atoms with Crippen molar-refractivity contribution in [2.75, 3.05) is 5.73 Å². The minimum absolute atomic E-state index is 0.701. The van der Waals surface area contributed by atoms with Gasteiger partial charge in [0, 0.05) is 14.2 Å². The highest BCUT2D eigenvalue weighted by molar-refractivity contribution is 9.10. The third-order valence-corrected chi connectivity index (χ3v) is 4.08. The fourth-order valence-electron chi connectivity index (χ4n) is 1.22.